The van der Waals surface area contributed by atoms with E-state index in [1.165, 1.54) is 26.8 Å². The lowest BCUT2D eigenvalue weighted by molar-refractivity contribution is 0.590. The fourth-order valence-corrected chi connectivity index (χ4v) is 5.65. The number of aryl methyl sites for hydroxylation is 1. The van der Waals surface area contributed by atoms with Gasteiger partial charge in [-0.15, -0.1) is 11.3 Å². The van der Waals surface area contributed by atoms with Crippen molar-refractivity contribution in [3.8, 4) is 11.1 Å². The van der Waals surface area contributed by atoms with E-state index in [-0.39, 0.29) is 11.0 Å². The largest absolute Gasteiger partial charge is 0.310 e. The Balaban J connectivity index is 1.60. The van der Waals surface area contributed by atoms with Gasteiger partial charge in [0.1, 0.15) is 10.7 Å². The number of rotatable bonds is 4. The molecule has 0 bridgehead atoms. The molecule has 3 aromatic carbocycles. The van der Waals surface area contributed by atoms with Crippen LogP contribution in [-0.4, -0.2) is 9.97 Å². The first kappa shape index (κ1) is 21.6. The minimum atomic E-state index is -0.0546. The topological polar surface area (TPSA) is 45.8 Å². The zero-order chi connectivity index (χ0) is 23.2. The van der Waals surface area contributed by atoms with Gasteiger partial charge in [-0.2, -0.15) is 0 Å². The van der Waals surface area contributed by atoms with Gasteiger partial charge < -0.3 is 4.98 Å². The molecule has 0 saturated carbocycles. The average molecular weight is 453 g/mol. The third kappa shape index (κ3) is 4.00. The molecule has 2 aromatic heterocycles. The predicted octanol–water partition coefficient (Wildman–Crippen LogP) is 7.26. The van der Waals surface area contributed by atoms with Crippen LogP contribution in [0.2, 0.25) is 0 Å². The van der Waals surface area contributed by atoms with E-state index in [1.807, 2.05) is 6.07 Å². The molecule has 0 aliphatic heterocycles. The fraction of sp³-hybridized carbons (Fsp3) is 0.241. The van der Waals surface area contributed by atoms with Crippen LogP contribution in [0.1, 0.15) is 49.5 Å². The van der Waals surface area contributed by atoms with Crippen molar-refractivity contribution in [2.45, 2.75) is 46.0 Å². The molecule has 0 aliphatic rings. The van der Waals surface area contributed by atoms with Crippen LogP contribution in [0.15, 0.2) is 71.5 Å². The van der Waals surface area contributed by atoms with Crippen molar-refractivity contribution in [1.29, 1.82) is 0 Å². The van der Waals surface area contributed by atoms with Gasteiger partial charge in [0, 0.05) is 16.9 Å². The number of nitrogens with one attached hydrogen (secondary N) is 1. The van der Waals surface area contributed by atoms with E-state index in [2.05, 4.69) is 93.3 Å². The number of aromatic nitrogens is 2. The third-order valence-electron chi connectivity index (χ3n) is 6.28. The zero-order valence-corrected chi connectivity index (χ0v) is 20.3. The van der Waals surface area contributed by atoms with Crippen LogP contribution < -0.4 is 5.56 Å². The van der Waals surface area contributed by atoms with Crippen molar-refractivity contribution in [3.63, 3.8) is 0 Å². The molecule has 0 aliphatic carbocycles. The van der Waals surface area contributed by atoms with Crippen molar-refractivity contribution in [2.75, 3.05) is 0 Å². The first-order chi connectivity index (χ1) is 15.8. The molecule has 0 saturated heterocycles. The summed E-state index contributed by atoms with van der Waals surface area (Å²) in [5.74, 6) is 0.711. The Labute approximate surface area is 198 Å². The van der Waals surface area contributed by atoms with E-state index in [1.54, 1.807) is 11.3 Å². The van der Waals surface area contributed by atoms with E-state index in [0.29, 0.717) is 17.6 Å². The zero-order valence-electron chi connectivity index (χ0n) is 19.5. The summed E-state index contributed by atoms with van der Waals surface area (Å²) in [6, 6.07) is 23.3. The molecule has 33 heavy (non-hydrogen) atoms. The number of aromatic amines is 1. The standard InChI is InChI=1S/C29H28N2OS/c1-5-23-25(19-13-15-21(16-14-19)29(2,3)4)26-27(32)30-24(31-28(26)33-23)17-20-11-8-10-18-9-6-7-12-22(18)20/h6-16H,5,17H2,1-4H3,(H,30,31,32). The molecule has 5 aromatic rings. The molecule has 4 heteroatoms. The molecule has 166 valence electrons. The van der Waals surface area contributed by atoms with Crippen LogP contribution in [0, 0.1) is 0 Å². The highest BCUT2D eigenvalue weighted by atomic mass is 32.1. The van der Waals surface area contributed by atoms with E-state index in [0.717, 1.165) is 22.4 Å². The normalized spacial score (nSPS) is 12.0. The third-order valence-corrected chi connectivity index (χ3v) is 7.51. The van der Waals surface area contributed by atoms with Gasteiger partial charge in [-0.25, -0.2) is 4.98 Å². The van der Waals surface area contributed by atoms with Crippen molar-refractivity contribution in [2.24, 2.45) is 0 Å². The van der Waals surface area contributed by atoms with E-state index >= 15 is 0 Å². The highest BCUT2D eigenvalue weighted by Gasteiger charge is 2.20. The van der Waals surface area contributed by atoms with Crippen molar-refractivity contribution < 1.29 is 0 Å². The van der Waals surface area contributed by atoms with Crippen LogP contribution in [0.25, 0.3) is 32.1 Å². The van der Waals surface area contributed by atoms with Gasteiger partial charge in [0.2, 0.25) is 0 Å². The van der Waals surface area contributed by atoms with Crippen molar-refractivity contribution in [3.05, 3.63) is 98.9 Å². The second-order valence-corrected chi connectivity index (χ2v) is 10.7. The van der Waals surface area contributed by atoms with Gasteiger partial charge in [-0.05, 0) is 39.3 Å². The van der Waals surface area contributed by atoms with Crippen molar-refractivity contribution >= 4 is 32.3 Å². The van der Waals surface area contributed by atoms with Crippen molar-refractivity contribution in [1.82, 2.24) is 9.97 Å². The summed E-state index contributed by atoms with van der Waals surface area (Å²) in [5.41, 5.74) is 4.61. The lowest BCUT2D eigenvalue weighted by atomic mass is 9.86. The number of thiophene rings is 1. The number of hydrogen-bond acceptors (Lipinski definition) is 3. The van der Waals surface area contributed by atoms with Gasteiger partial charge in [-0.1, -0.05) is 94.4 Å². The first-order valence-corrected chi connectivity index (χ1v) is 12.3. The Kier molecular flexibility index (Phi) is 5.41. The van der Waals surface area contributed by atoms with Crippen LogP contribution in [-0.2, 0) is 18.3 Å². The number of fused-ring (bicyclic) bond motifs is 2. The summed E-state index contributed by atoms with van der Waals surface area (Å²) in [5, 5.41) is 3.11. The van der Waals surface area contributed by atoms with E-state index in [4.69, 9.17) is 4.98 Å². The molecule has 0 spiro atoms. The van der Waals surface area contributed by atoms with Gasteiger partial charge in [0.05, 0.1) is 5.39 Å². The molecule has 0 fully saturated rings. The quantitative estimate of drug-likeness (QED) is 0.312. The summed E-state index contributed by atoms with van der Waals surface area (Å²) in [7, 11) is 0. The highest BCUT2D eigenvalue weighted by molar-refractivity contribution is 7.19. The summed E-state index contributed by atoms with van der Waals surface area (Å²) in [6.45, 7) is 8.78. The molecule has 3 nitrogen and oxygen atoms in total. The Bertz CT molecular complexity index is 1510. The minimum Gasteiger partial charge on any atom is -0.310 e. The summed E-state index contributed by atoms with van der Waals surface area (Å²) < 4.78 is 0. The molecular formula is C29H28N2OS. The van der Waals surface area contributed by atoms with Gasteiger partial charge >= 0.3 is 0 Å². The number of benzene rings is 3. The van der Waals surface area contributed by atoms with Gasteiger partial charge in [-0.3, -0.25) is 4.79 Å². The van der Waals surface area contributed by atoms with Gasteiger partial charge in [0.25, 0.3) is 5.56 Å². The number of nitrogens with zero attached hydrogens (tertiary/aromatic N) is 1. The maximum atomic E-state index is 13.3. The molecule has 5 rings (SSSR count). The maximum Gasteiger partial charge on any atom is 0.260 e. The summed E-state index contributed by atoms with van der Waals surface area (Å²) in [6.07, 6.45) is 1.47. The monoisotopic (exact) mass is 452 g/mol. The van der Waals surface area contributed by atoms with Crippen LogP contribution in [0.5, 0.6) is 0 Å². The maximum absolute atomic E-state index is 13.3. The molecule has 0 atom stereocenters. The summed E-state index contributed by atoms with van der Waals surface area (Å²) >= 11 is 1.64. The van der Waals surface area contributed by atoms with Crippen LogP contribution in [0.4, 0.5) is 0 Å². The second-order valence-electron chi connectivity index (χ2n) is 9.59. The van der Waals surface area contributed by atoms with Crippen LogP contribution >= 0.6 is 11.3 Å². The Morgan fingerprint density at radius 3 is 2.39 bits per heavy atom. The highest BCUT2D eigenvalue weighted by Crippen LogP contribution is 2.37. The molecular weight excluding hydrogens is 424 g/mol. The average Bonchev–Trinajstić information content (AvgIpc) is 3.18. The van der Waals surface area contributed by atoms with Gasteiger partial charge in [0.15, 0.2) is 0 Å². The van der Waals surface area contributed by atoms with E-state index < -0.39 is 0 Å². The molecule has 0 amide bonds. The molecule has 2 heterocycles. The number of hydrogen-bond donors (Lipinski definition) is 1. The number of H-pyrrole nitrogens is 1. The SMILES string of the molecule is CCc1sc2nc(Cc3cccc4ccccc34)[nH]c(=O)c2c1-c1ccc(C(C)(C)C)cc1. The second kappa shape index (κ2) is 8.27. The smallest absolute Gasteiger partial charge is 0.260 e. The Morgan fingerprint density at radius 1 is 0.939 bits per heavy atom. The predicted molar refractivity (Wildman–Crippen MR) is 141 cm³/mol. The van der Waals surface area contributed by atoms with E-state index in [9.17, 15) is 4.79 Å². The van der Waals surface area contributed by atoms with Crippen LogP contribution in [0.3, 0.4) is 0 Å². The minimum absolute atomic E-state index is 0.0546. The lowest BCUT2D eigenvalue weighted by Gasteiger charge is -2.19. The first-order valence-electron chi connectivity index (χ1n) is 11.5. The molecule has 0 radical (unpaired) electrons. The molecule has 0 unspecified atom stereocenters. The Morgan fingerprint density at radius 2 is 1.67 bits per heavy atom. The lowest BCUT2D eigenvalue weighted by Crippen LogP contribution is -2.12. The summed E-state index contributed by atoms with van der Waals surface area (Å²) in [4.78, 5) is 23.3. The Hall–Kier alpha value is -3.24. The fourth-order valence-electron chi connectivity index (χ4n) is 4.50. The molecule has 1 N–H and O–H groups in total.